The van der Waals surface area contributed by atoms with E-state index in [-0.39, 0.29) is 0 Å². The summed E-state index contributed by atoms with van der Waals surface area (Å²) in [5.41, 5.74) is 3.11. The van der Waals surface area contributed by atoms with Crippen LogP contribution in [0.25, 0.3) is 0 Å². The Bertz CT molecular complexity index is 221. The van der Waals surface area contributed by atoms with Gasteiger partial charge in [-0.1, -0.05) is 17.7 Å². The third kappa shape index (κ3) is 2.21. The van der Waals surface area contributed by atoms with Gasteiger partial charge in [0.15, 0.2) is 0 Å². The summed E-state index contributed by atoms with van der Waals surface area (Å²) in [5.74, 6) is 0. The number of nitrogens with zero attached hydrogens (tertiary/aromatic N) is 1. The average Bonchev–Trinajstić information content (AvgIpc) is 1.97. The maximum absolute atomic E-state index is 2.30. The molecule has 1 nitrogen and oxygen atoms in total. The van der Waals surface area contributed by atoms with E-state index >= 15 is 0 Å². The second-order valence-corrected chi connectivity index (χ2v) is 4.37. The predicted octanol–water partition coefficient (Wildman–Crippen LogP) is 2.36. The fourth-order valence-electron chi connectivity index (χ4n) is 1.70. The summed E-state index contributed by atoms with van der Waals surface area (Å²) in [6.45, 7) is 6.83. The minimum Gasteiger partial charge on any atom is -0.324 e. The first-order chi connectivity index (χ1) is 5.55. The zero-order valence-corrected chi connectivity index (χ0v) is 8.72. The Morgan fingerprint density at radius 2 is 2.00 bits per heavy atom. The molecule has 1 heterocycles. The van der Waals surface area contributed by atoms with Gasteiger partial charge in [0, 0.05) is 12.0 Å². The largest absolute Gasteiger partial charge is 0.324 e. The van der Waals surface area contributed by atoms with Crippen molar-refractivity contribution in [3.05, 3.63) is 23.3 Å². The molecule has 0 bridgehead atoms. The molecule has 1 heteroatoms. The van der Waals surface area contributed by atoms with Gasteiger partial charge in [-0.15, -0.1) is 0 Å². The number of rotatable bonds is 1. The molecule has 0 aromatic carbocycles. The first-order valence-electron chi connectivity index (χ1n) is 4.68. The molecule has 0 aromatic heterocycles. The van der Waals surface area contributed by atoms with Crippen molar-refractivity contribution in [2.75, 3.05) is 27.2 Å². The fraction of sp³-hybridized carbons (Fsp3) is 0.636. The Morgan fingerprint density at radius 1 is 1.33 bits per heavy atom. The number of likely N-dealkylation sites (N-methyl/N-ethyl adjacent to an activating group) is 1. The van der Waals surface area contributed by atoms with E-state index in [1.54, 1.807) is 5.57 Å². The molecule has 0 radical (unpaired) electrons. The third-order valence-corrected chi connectivity index (χ3v) is 2.61. The quantitative estimate of drug-likeness (QED) is 0.525. The molecule has 0 saturated carbocycles. The van der Waals surface area contributed by atoms with Crippen LogP contribution in [0, 0.1) is 0 Å². The lowest BCUT2D eigenvalue weighted by molar-refractivity contribution is -0.886. The van der Waals surface area contributed by atoms with Crippen LogP contribution in [0.2, 0.25) is 0 Å². The average molecular weight is 166 g/mol. The van der Waals surface area contributed by atoms with E-state index in [9.17, 15) is 0 Å². The normalized spacial score (nSPS) is 23.7. The molecule has 0 atom stereocenters. The molecule has 0 aliphatic carbocycles. The number of quaternary nitrogens is 1. The van der Waals surface area contributed by atoms with Gasteiger partial charge < -0.3 is 4.48 Å². The minimum atomic E-state index is 1.14. The summed E-state index contributed by atoms with van der Waals surface area (Å²) in [6.07, 6.45) is 5.66. The Hall–Kier alpha value is -0.560. The summed E-state index contributed by atoms with van der Waals surface area (Å²) in [5, 5.41) is 0. The van der Waals surface area contributed by atoms with Crippen molar-refractivity contribution in [1.82, 2.24) is 0 Å². The maximum atomic E-state index is 2.30. The van der Waals surface area contributed by atoms with E-state index in [0.717, 1.165) is 4.48 Å². The van der Waals surface area contributed by atoms with Crippen molar-refractivity contribution in [3.8, 4) is 0 Å². The highest BCUT2D eigenvalue weighted by Gasteiger charge is 2.22. The minimum absolute atomic E-state index is 1.14. The zero-order chi connectivity index (χ0) is 9.19. The van der Waals surface area contributed by atoms with Gasteiger partial charge in [0.25, 0.3) is 0 Å². The maximum Gasteiger partial charge on any atom is 0.104 e. The van der Waals surface area contributed by atoms with Crippen molar-refractivity contribution in [2.24, 2.45) is 0 Å². The van der Waals surface area contributed by atoms with E-state index in [2.05, 4.69) is 40.1 Å². The van der Waals surface area contributed by atoms with Gasteiger partial charge in [0.2, 0.25) is 0 Å². The van der Waals surface area contributed by atoms with Gasteiger partial charge in [-0.25, -0.2) is 0 Å². The molecule has 0 saturated heterocycles. The van der Waals surface area contributed by atoms with Crippen molar-refractivity contribution in [2.45, 2.75) is 20.3 Å². The van der Waals surface area contributed by atoms with E-state index in [0.29, 0.717) is 0 Å². The van der Waals surface area contributed by atoms with E-state index in [4.69, 9.17) is 0 Å². The van der Waals surface area contributed by atoms with Crippen molar-refractivity contribution < 1.29 is 4.48 Å². The van der Waals surface area contributed by atoms with Crippen LogP contribution < -0.4 is 0 Å². The number of hydrogen-bond donors (Lipinski definition) is 0. The van der Waals surface area contributed by atoms with Crippen LogP contribution in [0.5, 0.6) is 0 Å². The van der Waals surface area contributed by atoms with Crippen molar-refractivity contribution >= 4 is 0 Å². The molecule has 0 amide bonds. The molecule has 1 aliphatic heterocycles. The van der Waals surface area contributed by atoms with Crippen LogP contribution in [0.3, 0.4) is 0 Å². The summed E-state index contributed by atoms with van der Waals surface area (Å²) in [4.78, 5) is 0. The Kier molecular flexibility index (Phi) is 2.73. The van der Waals surface area contributed by atoms with E-state index in [1.807, 2.05) is 0 Å². The summed E-state index contributed by atoms with van der Waals surface area (Å²) >= 11 is 0. The number of allylic oxidation sites excluding steroid dienone is 1. The fourth-order valence-corrected chi connectivity index (χ4v) is 1.70. The van der Waals surface area contributed by atoms with Gasteiger partial charge in [0.05, 0.1) is 20.6 Å². The molecule has 0 N–H and O–H groups in total. The molecular formula is C11H20N+. The molecule has 0 fully saturated rings. The van der Waals surface area contributed by atoms with Gasteiger partial charge in [-0.3, -0.25) is 0 Å². The van der Waals surface area contributed by atoms with Crippen LogP contribution in [-0.2, 0) is 0 Å². The molecule has 68 valence electrons. The van der Waals surface area contributed by atoms with Crippen LogP contribution in [-0.4, -0.2) is 31.7 Å². The van der Waals surface area contributed by atoms with Gasteiger partial charge >= 0.3 is 0 Å². The van der Waals surface area contributed by atoms with Crippen molar-refractivity contribution in [1.29, 1.82) is 0 Å². The second-order valence-electron chi connectivity index (χ2n) is 4.37. The summed E-state index contributed by atoms with van der Waals surface area (Å²) < 4.78 is 1.14. The topological polar surface area (TPSA) is 0 Å². The van der Waals surface area contributed by atoms with Gasteiger partial charge in [0.1, 0.15) is 6.54 Å². The third-order valence-electron chi connectivity index (χ3n) is 2.61. The highest BCUT2D eigenvalue weighted by molar-refractivity contribution is 5.26. The van der Waals surface area contributed by atoms with Crippen LogP contribution in [0.1, 0.15) is 20.3 Å². The molecule has 0 unspecified atom stereocenters. The molecular weight excluding hydrogens is 146 g/mol. The molecule has 0 aromatic rings. The first-order valence-corrected chi connectivity index (χ1v) is 4.68. The lowest BCUT2D eigenvalue weighted by Crippen LogP contribution is -2.44. The van der Waals surface area contributed by atoms with Crippen LogP contribution in [0.4, 0.5) is 0 Å². The Balaban J connectivity index is 2.81. The highest BCUT2D eigenvalue weighted by atomic mass is 15.3. The lowest BCUT2D eigenvalue weighted by atomic mass is 10.00. The lowest BCUT2D eigenvalue weighted by Gasteiger charge is -2.34. The van der Waals surface area contributed by atoms with Crippen molar-refractivity contribution in [3.63, 3.8) is 0 Å². The van der Waals surface area contributed by atoms with Crippen LogP contribution >= 0.6 is 0 Å². The van der Waals surface area contributed by atoms with E-state index in [1.165, 1.54) is 25.1 Å². The summed E-state index contributed by atoms with van der Waals surface area (Å²) in [6, 6.07) is 0. The van der Waals surface area contributed by atoms with Gasteiger partial charge in [-0.05, 0) is 13.8 Å². The monoisotopic (exact) mass is 166 g/mol. The SMILES string of the molecule is CC=CC1=C(C)CC[N+](C)(C)C1. The zero-order valence-electron chi connectivity index (χ0n) is 8.72. The Labute approximate surface area is 76.0 Å². The molecule has 12 heavy (non-hydrogen) atoms. The van der Waals surface area contributed by atoms with Crippen LogP contribution in [0.15, 0.2) is 23.3 Å². The highest BCUT2D eigenvalue weighted by Crippen LogP contribution is 2.21. The standard InChI is InChI=1S/C11H20N/c1-5-6-11-9-12(3,4)8-7-10(11)2/h5-6H,7-9H2,1-4H3/q+1. The molecule has 1 rings (SSSR count). The number of hydrogen-bond acceptors (Lipinski definition) is 0. The van der Waals surface area contributed by atoms with Gasteiger partial charge in [-0.2, -0.15) is 0 Å². The molecule has 1 aliphatic rings. The first kappa shape index (κ1) is 9.53. The van der Waals surface area contributed by atoms with E-state index < -0.39 is 0 Å². The Morgan fingerprint density at radius 3 is 2.58 bits per heavy atom. The summed E-state index contributed by atoms with van der Waals surface area (Å²) in [7, 11) is 4.60. The molecule has 0 spiro atoms. The second kappa shape index (κ2) is 3.44. The predicted molar refractivity (Wildman–Crippen MR) is 54.0 cm³/mol. The smallest absolute Gasteiger partial charge is 0.104 e.